The minimum atomic E-state index is -1.03. The van der Waals surface area contributed by atoms with Gasteiger partial charge < -0.3 is 10.8 Å². The fourth-order valence-corrected chi connectivity index (χ4v) is 1.37. The number of nitrogens with two attached hydrogens (primary N) is 1. The number of hydrogen-bond acceptors (Lipinski definition) is 2. The molecule has 2 atom stereocenters. The van der Waals surface area contributed by atoms with Gasteiger partial charge in [-0.3, -0.25) is 0 Å². The number of rotatable bonds is 2. The van der Waals surface area contributed by atoms with Crippen molar-refractivity contribution in [1.82, 2.24) is 0 Å². The van der Waals surface area contributed by atoms with E-state index in [2.05, 4.69) is 0 Å². The van der Waals surface area contributed by atoms with Crippen LogP contribution in [0, 0.1) is 11.6 Å². The van der Waals surface area contributed by atoms with Crippen molar-refractivity contribution >= 4 is 11.6 Å². The summed E-state index contributed by atoms with van der Waals surface area (Å²) in [6.45, 7) is 1.38. The van der Waals surface area contributed by atoms with E-state index in [-0.39, 0.29) is 10.6 Å². The van der Waals surface area contributed by atoms with Crippen LogP contribution >= 0.6 is 11.6 Å². The van der Waals surface area contributed by atoms with Crippen LogP contribution in [-0.2, 0) is 0 Å². The Hall–Kier alpha value is -0.710. The molecule has 14 heavy (non-hydrogen) atoms. The maximum Gasteiger partial charge on any atom is 0.142 e. The highest BCUT2D eigenvalue weighted by atomic mass is 35.5. The second kappa shape index (κ2) is 4.21. The topological polar surface area (TPSA) is 46.2 Å². The van der Waals surface area contributed by atoms with Crippen LogP contribution in [0.2, 0.25) is 5.02 Å². The normalized spacial score (nSPS) is 15.3. The lowest BCUT2D eigenvalue weighted by atomic mass is 10.0. The summed E-state index contributed by atoms with van der Waals surface area (Å²) in [6, 6.07) is 0.813. The molecule has 0 saturated heterocycles. The molecule has 2 nitrogen and oxygen atoms in total. The van der Waals surface area contributed by atoms with Gasteiger partial charge in [-0.1, -0.05) is 11.6 Å². The predicted molar refractivity (Wildman–Crippen MR) is 50.0 cm³/mol. The molecule has 0 radical (unpaired) electrons. The summed E-state index contributed by atoms with van der Waals surface area (Å²) in [5.41, 5.74) is 5.27. The third-order valence-corrected chi connectivity index (χ3v) is 2.32. The van der Waals surface area contributed by atoms with Gasteiger partial charge in [-0.05, 0) is 19.1 Å². The van der Waals surface area contributed by atoms with Gasteiger partial charge in [0.05, 0.1) is 17.2 Å². The van der Waals surface area contributed by atoms with E-state index in [4.69, 9.17) is 22.4 Å². The zero-order valence-electron chi connectivity index (χ0n) is 7.47. The SMILES string of the molecule is C[C@H](O)[C@H](N)c1c(F)ccc(F)c1Cl. The molecule has 1 aromatic rings. The molecule has 0 amide bonds. The number of aliphatic hydroxyl groups excluding tert-OH is 1. The van der Waals surface area contributed by atoms with Crippen LogP contribution in [-0.4, -0.2) is 11.2 Å². The molecule has 0 unspecified atom stereocenters. The Kier molecular flexibility index (Phi) is 3.42. The lowest BCUT2D eigenvalue weighted by Crippen LogP contribution is -2.24. The van der Waals surface area contributed by atoms with Crippen LogP contribution < -0.4 is 5.73 Å². The Balaban J connectivity index is 3.25. The van der Waals surface area contributed by atoms with Crippen molar-refractivity contribution in [3.05, 3.63) is 34.4 Å². The summed E-state index contributed by atoms with van der Waals surface area (Å²) in [5, 5.41) is 8.76. The smallest absolute Gasteiger partial charge is 0.142 e. The second-order valence-electron chi connectivity index (χ2n) is 3.02. The first-order chi connectivity index (χ1) is 6.45. The Morgan fingerprint density at radius 2 is 1.86 bits per heavy atom. The second-order valence-corrected chi connectivity index (χ2v) is 3.40. The van der Waals surface area contributed by atoms with E-state index in [1.54, 1.807) is 0 Å². The third-order valence-electron chi connectivity index (χ3n) is 1.93. The number of halogens is 3. The lowest BCUT2D eigenvalue weighted by molar-refractivity contribution is 0.162. The van der Waals surface area contributed by atoms with Crippen LogP contribution in [0.4, 0.5) is 8.78 Å². The van der Waals surface area contributed by atoms with Crippen molar-refractivity contribution in [1.29, 1.82) is 0 Å². The van der Waals surface area contributed by atoms with E-state index in [9.17, 15) is 8.78 Å². The summed E-state index contributed by atoms with van der Waals surface area (Å²) >= 11 is 5.53. The van der Waals surface area contributed by atoms with E-state index in [0.717, 1.165) is 12.1 Å². The molecule has 5 heteroatoms. The molecule has 0 aliphatic heterocycles. The van der Waals surface area contributed by atoms with Crippen LogP contribution in [0.15, 0.2) is 12.1 Å². The van der Waals surface area contributed by atoms with Crippen molar-refractivity contribution in [3.8, 4) is 0 Å². The summed E-state index contributed by atoms with van der Waals surface area (Å²) in [6.07, 6.45) is -0.996. The minimum Gasteiger partial charge on any atom is -0.391 e. The highest BCUT2D eigenvalue weighted by molar-refractivity contribution is 6.31. The van der Waals surface area contributed by atoms with Gasteiger partial charge >= 0.3 is 0 Å². The Labute approximate surface area is 85.3 Å². The fourth-order valence-electron chi connectivity index (χ4n) is 1.09. The molecule has 3 N–H and O–H groups in total. The van der Waals surface area contributed by atoms with Crippen molar-refractivity contribution in [2.24, 2.45) is 5.73 Å². The van der Waals surface area contributed by atoms with Crippen molar-refractivity contribution < 1.29 is 13.9 Å². The van der Waals surface area contributed by atoms with Crippen molar-refractivity contribution in [2.45, 2.75) is 19.1 Å². The average Bonchev–Trinajstić information content (AvgIpc) is 2.12. The van der Waals surface area contributed by atoms with E-state index >= 15 is 0 Å². The van der Waals surface area contributed by atoms with Gasteiger partial charge in [0.1, 0.15) is 11.6 Å². The van der Waals surface area contributed by atoms with E-state index in [1.807, 2.05) is 0 Å². The molecular weight excluding hydrogens is 212 g/mol. The largest absolute Gasteiger partial charge is 0.391 e. The zero-order chi connectivity index (χ0) is 10.9. The van der Waals surface area contributed by atoms with Crippen LogP contribution in [0.3, 0.4) is 0 Å². The van der Waals surface area contributed by atoms with Crippen molar-refractivity contribution in [2.75, 3.05) is 0 Å². The van der Waals surface area contributed by atoms with Gasteiger partial charge in [0.15, 0.2) is 0 Å². The van der Waals surface area contributed by atoms with Crippen LogP contribution in [0.25, 0.3) is 0 Å². The molecule has 0 aromatic heterocycles. The van der Waals surface area contributed by atoms with E-state index in [1.165, 1.54) is 6.92 Å². The van der Waals surface area contributed by atoms with E-state index in [0.29, 0.717) is 0 Å². The molecule has 78 valence electrons. The highest BCUT2D eigenvalue weighted by Gasteiger charge is 2.21. The quantitative estimate of drug-likeness (QED) is 0.751. The molecule has 0 spiro atoms. The number of benzene rings is 1. The molecule has 0 aliphatic rings. The molecule has 0 fully saturated rings. The Morgan fingerprint density at radius 1 is 1.36 bits per heavy atom. The predicted octanol–water partition coefficient (Wildman–Crippen LogP) is 2.00. The first-order valence-corrected chi connectivity index (χ1v) is 4.40. The van der Waals surface area contributed by atoms with Crippen LogP contribution in [0.1, 0.15) is 18.5 Å². The summed E-state index contributed by atoms with van der Waals surface area (Å²) in [7, 11) is 0. The molecule has 0 heterocycles. The average molecular weight is 222 g/mol. The molecule has 1 aromatic carbocycles. The van der Waals surface area contributed by atoms with Gasteiger partial charge in [-0.25, -0.2) is 8.78 Å². The highest BCUT2D eigenvalue weighted by Crippen LogP contribution is 2.28. The zero-order valence-corrected chi connectivity index (χ0v) is 8.22. The summed E-state index contributed by atoms with van der Waals surface area (Å²) in [5.74, 6) is -1.47. The minimum absolute atomic E-state index is 0.193. The number of hydrogen-bond donors (Lipinski definition) is 2. The first-order valence-electron chi connectivity index (χ1n) is 4.02. The maximum absolute atomic E-state index is 13.2. The standard InChI is InChI=1S/C9H10ClF2NO/c1-4(14)9(13)7-5(11)2-3-6(12)8(7)10/h2-4,9,14H,13H2,1H3/t4-,9-/m0/s1. The maximum atomic E-state index is 13.2. The summed E-state index contributed by atoms with van der Waals surface area (Å²) in [4.78, 5) is 0. The Morgan fingerprint density at radius 3 is 2.36 bits per heavy atom. The van der Waals surface area contributed by atoms with Crippen LogP contribution in [0.5, 0.6) is 0 Å². The Bertz CT molecular complexity index is 344. The third kappa shape index (κ3) is 2.03. The van der Waals surface area contributed by atoms with Gasteiger partial charge in [0.25, 0.3) is 0 Å². The monoisotopic (exact) mass is 221 g/mol. The molecule has 1 rings (SSSR count). The molecular formula is C9H10ClF2NO. The molecule has 0 bridgehead atoms. The lowest BCUT2D eigenvalue weighted by Gasteiger charge is -2.17. The molecule has 0 saturated carbocycles. The van der Waals surface area contributed by atoms with Gasteiger partial charge in [-0.2, -0.15) is 0 Å². The fraction of sp³-hybridized carbons (Fsp3) is 0.333. The van der Waals surface area contributed by atoms with Crippen molar-refractivity contribution in [3.63, 3.8) is 0 Å². The van der Waals surface area contributed by atoms with Gasteiger partial charge in [0, 0.05) is 5.56 Å². The molecule has 0 aliphatic carbocycles. The number of aliphatic hydroxyl groups is 1. The first kappa shape index (κ1) is 11.4. The van der Waals surface area contributed by atoms with Gasteiger partial charge in [0.2, 0.25) is 0 Å². The summed E-state index contributed by atoms with van der Waals surface area (Å²) < 4.78 is 26.1. The van der Waals surface area contributed by atoms with Gasteiger partial charge in [-0.15, -0.1) is 0 Å². The van der Waals surface area contributed by atoms with E-state index < -0.39 is 23.8 Å².